The summed E-state index contributed by atoms with van der Waals surface area (Å²) < 4.78 is 5.19. The predicted molar refractivity (Wildman–Crippen MR) is 61.0 cm³/mol. The van der Waals surface area contributed by atoms with Crippen LogP contribution in [0.15, 0.2) is 29.0 Å². The maximum Gasteiger partial charge on any atom is 0.324 e. The van der Waals surface area contributed by atoms with Crippen LogP contribution in [0, 0.1) is 11.3 Å². The molecule has 0 fully saturated rings. The quantitative estimate of drug-likeness (QED) is 0.745. The van der Waals surface area contributed by atoms with Crippen LogP contribution in [-0.4, -0.2) is 29.4 Å². The van der Waals surface area contributed by atoms with Crippen LogP contribution < -0.4 is 0 Å². The Morgan fingerprint density at radius 1 is 1.59 bits per heavy atom. The van der Waals surface area contributed by atoms with E-state index in [2.05, 4.69) is 4.98 Å². The number of nitriles is 1. The number of carbonyl (C=O) groups excluding carboxylic acids is 1. The molecule has 1 aromatic heterocycles. The summed E-state index contributed by atoms with van der Waals surface area (Å²) in [4.78, 5) is 16.5. The van der Waals surface area contributed by atoms with E-state index in [4.69, 9.17) is 9.68 Å². The second kappa shape index (κ2) is 4.66. The summed E-state index contributed by atoms with van der Waals surface area (Å²) in [6, 6.07) is 7.30. The minimum atomic E-state index is -0.522. The van der Waals surface area contributed by atoms with Gasteiger partial charge in [0, 0.05) is 13.6 Å². The molecule has 0 unspecified atom stereocenters. The summed E-state index contributed by atoms with van der Waals surface area (Å²) >= 11 is 0. The molecule has 5 nitrogen and oxygen atoms in total. The third-order valence-electron chi connectivity index (χ3n) is 2.57. The Morgan fingerprint density at radius 2 is 2.41 bits per heavy atom. The molecule has 86 valence electrons. The van der Waals surface area contributed by atoms with Gasteiger partial charge in [0.05, 0.1) is 0 Å². The van der Waals surface area contributed by atoms with Gasteiger partial charge in [0.1, 0.15) is 5.52 Å². The number of hydrogen-bond acceptors (Lipinski definition) is 4. The van der Waals surface area contributed by atoms with Crippen LogP contribution in [-0.2, 0) is 11.2 Å². The molecule has 0 aliphatic rings. The lowest BCUT2D eigenvalue weighted by Crippen LogP contribution is -2.27. The van der Waals surface area contributed by atoms with Gasteiger partial charge in [-0.3, -0.25) is 4.79 Å². The highest BCUT2D eigenvalue weighted by atomic mass is 16.3. The first-order chi connectivity index (χ1) is 8.20. The average Bonchev–Trinajstić information content (AvgIpc) is 2.82. The van der Waals surface area contributed by atoms with Crippen LogP contribution in [0.3, 0.4) is 0 Å². The lowest BCUT2D eigenvalue weighted by molar-refractivity contribution is -0.124. The molecule has 1 aromatic carbocycles. The van der Waals surface area contributed by atoms with Gasteiger partial charge >= 0.3 is 5.91 Å². The molecule has 2 aromatic rings. The molecule has 0 aliphatic heterocycles. The Balaban J connectivity index is 2.04. The molecular weight excluding hydrogens is 218 g/mol. The molecule has 5 heteroatoms. The molecule has 0 atom stereocenters. The van der Waals surface area contributed by atoms with Crippen molar-refractivity contribution in [3.63, 3.8) is 0 Å². The summed E-state index contributed by atoms with van der Waals surface area (Å²) in [6.45, 7) is 0.506. The minimum absolute atomic E-state index is 0.506. The van der Waals surface area contributed by atoms with Crippen molar-refractivity contribution >= 4 is 17.0 Å². The van der Waals surface area contributed by atoms with Crippen molar-refractivity contribution in [3.8, 4) is 6.07 Å². The number of likely N-dealkylation sites (N-methyl/N-ethyl adjacent to an activating group) is 1. The van der Waals surface area contributed by atoms with Gasteiger partial charge in [0.15, 0.2) is 18.0 Å². The highest BCUT2D eigenvalue weighted by Crippen LogP contribution is 2.14. The number of nitrogens with zero attached hydrogens (tertiary/aromatic N) is 3. The van der Waals surface area contributed by atoms with Gasteiger partial charge in [0.25, 0.3) is 0 Å². The van der Waals surface area contributed by atoms with Crippen LogP contribution in [0.1, 0.15) is 5.56 Å². The Labute approximate surface area is 98.3 Å². The van der Waals surface area contributed by atoms with Crippen molar-refractivity contribution in [1.29, 1.82) is 5.26 Å². The molecule has 2 rings (SSSR count). The number of carbonyl (C=O) groups is 1. The summed E-state index contributed by atoms with van der Waals surface area (Å²) in [7, 11) is 1.61. The normalized spacial score (nSPS) is 10.1. The van der Waals surface area contributed by atoms with E-state index in [-0.39, 0.29) is 0 Å². The van der Waals surface area contributed by atoms with E-state index in [1.807, 2.05) is 18.2 Å². The van der Waals surface area contributed by atoms with Crippen molar-refractivity contribution in [2.24, 2.45) is 0 Å². The second-order valence-corrected chi connectivity index (χ2v) is 3.74. The monoisotopic (exact) mass is 229 g/mol. The summed E-state index contributed by atoms with van der Waals surface area (Å²) in [5, 5.41) is 8.45. The maximum absolute atomic E-state index is 11.0. The molecule has 17 heavy (non-hydrogen) atoms. The fourth-order valence-electron chi connectivity index (χ4n) is 1.54. The molecule has 0 N–H and O–H groups in total. The van der Waals surface area contributed by atoms with Gasteiger partial charge in [-0.15, -0.1) is 0 Å². The highest BCUT2D eigenvalue weighted by Gasteiger charge is 2.07. The van der Waals surface area contributed by atoms with Crippen LogP contribution in [0.4, 0.5) is 0 Å². The van der Waals surface area contributed by atoms with Crippen molar-refractivity contribution in [1.82, 2.24) is 9.88 Å². The number of amides is 1. The Morgan fingerprint density at radius 3 is 3.18 bits per heavy atom. The van der Waals surface area contributed by atoms with Gasteiger partial charge in [-0.05, 0) is 24.1 Å². The van der Waals surface area contributed by atoms with Crippen LogP contribution in [0.2, 0.25) is 0 Å². The fourth-order valence-corrected chi connectivity index (χ4v) is 1.54. The van der Waals surface area contributed by atoms with E-state index in [1.165, 1.54) is 11.3 Å². The number of benzene rings is 1. The third-order valence-corrected chi connectivity index (χ3v) is 2.57. The largest absolute Gasteiger partial charge is 0.443 e. The van der Waals surface area contributed by atoms with Crippen LogP contribution >= 0.6 is 0 Å². The molecule has 1 amide bonds. The molecule has 0 saturated heterocycles. The Kier molecular flexibility index (Phi) is 3.06. The third kappa shape index (κ3) is 2.42. The summed E-state index contributed by atoms with van der Waals surface area (Å²) in [5.74, 6) is -0.522. The van der Waals surface area contributed by atoms with Crippen LogP contribution in [0.5, 0.6) is 0 Å². The number of rotatable bonds is 3. The van der Waals surface area contributed by atoms with Gasteiger partial charge < -0.3 is 9.32 Å². The van der Waals surface area contributed by atoms with E-state index in [1.54, 1.807) is 13.1 Å². The molecule has 0 spiro atoms. The fraction of sp³-hybridized carbons (Fsp3) is 0.250. The average molecular weight is 229 g/mol. The van der Waals surface area contributed by atoms with Crippen LogP contribution in [0.25, 0.3) is 11.1 Å². The van der Waals surface area contributed by atoms with Gasteiger partial charge in [-0.1, -0.05) is 6.07 Å². The molecule has 0 radical (unpaired) electrons. The van der Waals surface area contributed by atoms with Crippen molar-refractivity contribution < 1.29 is 9.21 Å². The van der Waals surface area contributed by atoms with Gasteiger partial charge in [0.2, 0.25) is 0 Å². The smallest absolute Gasteiger partial charge is 0.324 e. The topological polar surface area (TPSA) is 70.1 Å². The number of hydrogen-bond donors (Lipinski definition) is 0. The first-order valence-corrected chi connectivity index (χ1v) is 5.18. The van der Waals surface area contributed by atoms with Crippen molar-refractivity contribution in [3.05, 3.63) is 30.2 Å². The van der Waals surface area contributed by atoms with E-state index in [9.17, 15) is 4.79 Å². The summed E-state index contributed by atoms with van der Waals surface area (Å²) in [5.41, 5.74) is 2.60. The van der Waals surface area contributed by atoms with E-state index in [0.717, 1.165) is 16.7 Å². The molecule has 0 aliphatic carbocycles. The van der Waals surface area contributed by atoms with E-state index < -0.39 is 5.91 Å². The van der Waals surface area contributed by atoms with Gasteiger partial charge in [-0.25, -0.2) is 4.98 Å². The Hall–Kier alpha value is -2.35. The van der Waals surface area contributed by atoms with Crippen molar-refractivity contribution in [2.45, 2.75) is 6.42 Å². The predicted octanol–water partition coefficient (Wildman–Crippen LogP) is 1.35. The zero-order valence-electron chi connectivity index (χ0n) is 9.38. The number of aromatic nitrogens is 1. The van der Waals surface area contributed by atoms with Crippen molar-refractivity contribution in [2.75, 3.05) is 13.6 Å². The lowest BCUT2D eigenvalue weighted by atomic mass is 10.1. The zero-order chi connectivity index (χ0) is 12.3. The Bertz CT molecular complexity index is 583. The summed E-state index contributed by atoms with van der Waals surface area (Å²) in [6.07, 6.45) is 2.08. The van der Waals surface area contributed by atoms with E-state index in [0.29, 0.717) is 13.0 Å². The number of fused-ring (bicyclic) bond motifs is 1. The molecule has 1 heterocycles. The van der Waals surface area contributed by atoms with Gasteiger partial charge in [-0.2, -0.15) is 5.26 Å². The maximum atomic E-state index is 11.0. The number of oxazole rings is 1. The molecule has 0 saturated carbocycles. The van der Waals surface area contributed by atoms with E-state index >= 15 is 0 Å². The molecule has 0 bridgehead atoms. The minimum Gasteiger partial charge on any atom is -0.443 e. The lowest BCUT2D eigenvalue weighted by Gasteiger charge is -2.12. The first-order valence-electron chi connectivity index (χ1n) is 5.18. The standard InChI is InChI=1S/C12H11N3O2/c1-15(12(16)7-13)5-4-9-2-3-10-11(6-9)17-8-14-10/h2-3,6,8H,4-5H2,1H3. The second-order valence-electron chi connectivity index (χ2n) is 3.74. The SMILES string of the molecule is CN(CCc1ccc2ncoc2c1)C(=O)C#N. The zero-order valence-corrected chi connectivity index (χ0v) is 9.38. The molecular formula is C12H11N3O2. The first kappa shape index (κ1) is 11.1. The highest BCUT2D eigenvalue weighted by molar-refractivity contribution is 5.90.